The van der Waals surface area contributed by atoms with Crippen LogP contribution in [0.2, 0.25) is 0 Å². The molecule has 0 amide bonds. The summed E-state index contributed by atoms with van der Waals surface area (Å²) in [5.41, 5.74) is 3.92. The van der Waals surface area contributed by atoms with Gasteiger partial charge in [0.1, 0.15) is 0 Å². The Morgan fingerprint density at radius 1 is 1.17 bits per heavy atom. The van der Waals surface area contributed by atoms with Crippen LogP contribution in [-0.2, 0) is 12.8 Å². The number of aliphatic hydroxyl groups excluding tert-OH is 1. The molecule has 0 spiro atoms. The van der Waals surface area contributed by atoms with E-state index in [0.717, 1.165) is 25.7 Å². The zero-order valence-corrected chi connectivity index (χ0v) is 12.0. The summed E-state index contributed by atoms with van der Waals surface area (Å²) in [6.07, 6.45) is 6.61. The molecule has 1 aromatic rings. The first-order chi connectivity index (χ1) is 8.60. The maximum atomic E-state index is 10.8. The lowest BCUT2D eigenvalue weighted by Crippen LogP contribution is -2.23. The van der Waals surface area contributed by atoms with E-state index in [9.17, 15) is 5.11 Å². The van der Waals surface area contributed by atoms with Crippen molar-refractivity contribution in [3.05, 3.63) is 34.9 Å². The van der Waals surface area contributed by atoms with Crippen molar-refractivity contribution in [1.82, 2.24) is 0 Å². The largest absolute Gasteiger partial charge is 0.388 e. The highest BCUT2D eigenvalue weighted by atomic mass is 16.3. The van der Waals surface area contributed by atoms with Crippen molar-refractivity contribution in [3.8, 4) is 0 Å². The van der Waals surface area contributed by atoms with Gasteiger partial charge in [-0.2, -0.15) is 0 Å². The van der Waals surface area contributed by atoms with Gasteiger partial charge in [-0.05, 0) is 47.8 Å². The van der Waals surface area contributed by atoms with Gasteiger partial charge < -0.3 is 5.11 Å². The Labute approximate surface area is 111 Å². The molecule has 1 unspecified atom stereocenters. The maximum absolute atomic E-state index is 10.8. The Morgan fingerprint density at radius 2 is 1.83 bits per heavy atom. The third-order valence-corrected chi connectivity index (χ3v) is 4.70. The van der Waals surface area contributed by atoms with Crippen molar-refractivity contribution in [2.75, 3.05) is 0 Å². The standard InChI is InChI=1S/C17H26O/c1-4-13-8-9-14(5-2)15(12-13)16(18)17(3)10-6-7-11-17/h8-9,12,16,18H,4-7,10-11H2,1-3H3. The summed E-state index contributed by atoms with van der Waals surface area (Å²) < 4.78 is 0. The second kappa shape index (κ2) is 5.44. The van der Waals surface area contributed by atoms with Gasteiger partial charge >= 0.3 is 0 Å². The highest BCUT2D eigenvalue weighted by molar-refractivity contribution is 5.35. The molecular weight excluding hydrogens is 220 g/mol. The Morgan fingerprint density at radius 3 is 2.39 bits per heavy atom. The van der Waals surface area contributed by atoms with Crippen LogP contribution in [0.3, 0.4) is 0 Å². The summed E-state index contributed by atoms with van der Waals surface area (Å²) in [6.45, 7) is 6.60. The number of benzene rings is 1. The van der Waals surface area contributed by atoms with E-state index in [2.05, 4.69) is 39.0 Å². The van der Waals surface area contributed by atoms with Crippen LogP contribution in [0.4, 0.5) is 0 Å². The van der Waals surface area contributed by atoms with E-state index < -0.39 is 0 Å². The van der Waals surface area contributed by atoms with Gasteiger partial charge in [0.05, 0.1) is 6.10 Å². The minimum atomic E-state index is -0.290. The Kier molecular flexibility index (Phi) is 4.11. The van der Waals surface area contributed by atoms with Crippen LogP contribution in [0.1, 0.15) is 69.2 Å². The van der Waals surface area contributed by atoms with Crippen LogP contribution in [-0.4, -0.2) is 5.11 Å². The van der Waals surface area contributed by atoms with Crippen LogP contribution in [0.25, 0.3) is 0 Å². The zero-order valence-electron chi connectivity index (χ0n) is 12.0. The van der Waals surface area contributed by atoms with Gasteiger partial charge in [0.2, 0.25) is 0 Å². The first kappa shape index (κ1) is 13.6. The van der Waals surface area contributed by atoms with E-state index in [1.165, 1.54) is 29.5 Å². The number of rotatable bonds is 4. The molecular formula is C17H26O. The Balaban J connectivity index is 2.35. The van der Waals surface area contributed by atoms with Gasteiger partial charge in [-0.3, -0.25) is 0 Å². The summed E-state index contributed by atoms with van der Waals surface area (Å²) in [6, 6.07) is 6.63. The molecule has 1 nitrogen and oxygen atoms in total. The van der Waals surface area contributed by atoms with Crippen LogP contribution in [0.15, 0.2) is 18.2 Å². The van der Waals surface area contributed by atoms with Gasteiger partial charge in [0.15, 0.2) is 0 Å². The summed E-state index contributed by atoms with van der Waals surface area (Å²) in [4.78, 5) is 0. The van der Waals surface area contributed by atoms with Crippen LogP contribution in [0, 0.1) is 5.41 Å². The molecule has 1 saturated carbocycles. The maximum Gasteiger partial charge on any atom is 0.0846 e. The topological polar surface area (TPSA) is 20.2 Å². The van der Waals surface area contributed by atoms with E-state index in [1.54, 1.807) is 0 Å². The molecule has 1 fully saturated rings. The molecule has 0 aliphatic heterocycles. The van der Waals surface area contributed by atoms with Gasteiger partial charge in [-0.1, -0.05) is 51.8 Å². The molecule has 0 radical (unpaired) electrons. The lowest BCUT2D eigenvalue weighted by atomic mass is 9.77. The third kappa shape index (κ3) is 2.47. The number of hydrogen-bond acceptors (Lipinski definition) is 1. The summed E-state index contributed by atoms with van der Waals surface area (Å²) in [7, 11) is 0. The van der Waals surface area contributed by atoms with Crippen molar-refractivity contribution in [1.29, 1.82) is 0 Å². The number of hydrogen-bond donors (Lipinski definition) is 1. The fraction of sp³-hybridized carbons (Fsp3) is 0.647. The average Bonchev–Trinajstić information content (AvgIpc) is 2.85. The minimum absolute atomic E-state index is 0.0935. The molecule has 18 heavy (non-hydrogen) atoms. The fourth-order valence-corrected chi connectivity index (χ4v) is 3.27. The molecule has 1 aliphatic rings. The fourth-order valence-electron chi connectivity index (χ4n) is 3.27. The molecule has 1 aliphatic carbocycles. The van der Waals surface area contributed by atoms with Crippen LogP contribution >= 0.6 is 0 Å². The number of aryl methyl sites for hydroxylation is 2. The summed E-state index contributed by atoms with van der Waals surface area (Å²) >= 11 is 0. The van der Waals surface area contributed by atoms with Gasteiger partial charge in [0, 0.05) is 0 Å². The second-order valence-electron chi connectivity index (χ2n) is 6.00. The Hall–Kier alpha value is -0.820. The molecule has 1 aromatic carbocycles. The third-order valence-electron chi connectivity index (χ3n) is 4.70. The molecule has 0 saturated heterocycles. The Bertz CT molecular complexity index is 402. The molecule has 1 heteroatoms. The number of aliphatic hydroxyl groups is 1. The predicted octanol–water partition coefficient (Wildman–Crippen LogP) is 4.43. The van der Waals surface area contributed by atoms with Crippen LogP contribution in [0.5, 0.6) is 0 Å². The second-order valence-corrected chi connectivity index (χ2v) is 6.00. The van der Waals surface area contributed by atoms with E-state index in [-0.39, 0.29) is 11.5 Å². The van der Waals surface area contributed by atoms with Crippen molar-refractivity contribution < 1.29 is 5.11 Å². The van der Waals surface area contributed by atoms with Crippen molar-refractivity contribution in [2.45, 2.75) is 65.4 Å². The van der Waals surface area contributed by atoms with Crippen molar-refractivity contribution in [3.63, 3.8) is 0 Å². The first-order valence-corrected chi connectivity index (χ1v) is 7.40. The van der Waals surface area contributed by atoms with Crippen molar-refractivity contribution in [2.24, 2.45) is 5.41 Å². The summed E-state index contributed by atoms with van der Waals surface area (Å²) in [5, 5.41) is 10.8. The first-order valence-electron chi connectivity index (χ1n) is 7.40. The SMILES string of the molecule is CCc1ccc(CC)c(C(O)C2(C)CCCC2)c1. The monoisotopic (exact) mass is 246 g/mol. The quantitative estimate of drug-likeness (QED) is 0.833. The molecule has 1 N–H and O–H groups in total. The zero-order chi connectivity index (χ0) is 13.2. The van der Waals surface area contributed by atoms with Gasteiger partial charge in [-0.25, -0.2) is 0 Å². The summed E-state index contributed by atoms with van der Waals surface area (Å²) in [5.74, 6) is 0. The van der Waals surface area contributed by atoms with E-state index >= 15 is 0 Å². The minimum Gasteiger partial charge on any atom is -0.388 e. The van der Waals surface area contributed by atoms with E-state index in [1.807, 2.05) is 0 Å². The average molecular weight is 246 g/mol. The smallest absolute Gasteiger partial charge is 0.0846 e. The highest BCUT2D eigenvalue weighted by Crippen LogP contribution is 2.47. The molecule has 2 rings (SSSR count). The van der Waals surface area contributed by atoms with Crippen molar-refractivity contribution >= 4 is 0 Å². The lowest BCUT2D eigenvalue weighted by molar-refractivity contribution is 0.0401. The normalized spacial score (nSPS) is 20.0. The molecule has 0 aromatic heterocycles. The predicted molar refractivity (Wildman–Crippen MR) is 76.7 cm³/mol. The molecule has 0 bridgehead atoms. The van der Waals surface area contributed by atoms with E-state index in [4.69, 9.17) is 0 Å². The van der Waals surface area contributed by atoms with Gasteiger partial charge in [-0.15, -0.1) is 0 Å². The van der Waals surface area contributed by atoms with Gasteiger partial charge in [0.25, 0.3) is 0 Å². The lowest BCUT2D eigenvalue weighted by Gasteiger charge is -2.32. The van der Waals surface area contributed by atoms with E-state index in [0.29, 0.717) is 0 Å². The van der Waals surface area contributed by atoms with Crippen LogP contribution < -0.4 is 0 Å². The highest BCUT2D eigenvalue weighted by Gasteiger charge is 2.37. The molecule has 0 heterocycles. The molecule has 100 valence electrons. The molecule has 1 atom stereocenters.